The zero-order valence-electron chi connectivity index (χ0n) is 12.2. The van der Waals surface area contributed by atoms with Gasteiger partial charge in [0.05, 0.1) is 14.2 Å². The number of carbonyl (C=O) groups excluding carboxylic acids is 1. The monoisotopic (exact) mass is 286 g/mol. The molecule has 5 heteroatoms. The number of aromatic nitrogens is 1. The van der Waals surface area contributed by atoms with Crippen molar-refractivity contribution in [2.24, 2.45) is 0 Å². The van der Waals surface area contributed by atoms with Crippen molar-refractivity contribution in [3.05, 3.63) is 47.3 Å². The number of ether oxygens (including phenoxy) is 2. The highest BCUT2D eigenvalue weighted by atomic mass is 16.5. The minimum absolute atomic E-state index is 0.0591. The van der Waals surface area contributed by atoms with E-state index in [-0.39, 0.29) is 5.91 Å². The van der Waals surface area contributed by atoms with Crippen molar-refractivity contribution in [2.75, 3.05) is 20.8 Å². The van der Waals surface area contributed by atoms with Gasteiger partial charge in [0.25, 0.3) is 5.91 Å². The first-order valence-corrected chi connectivity index (χ1v) is 6.90. The number of aromatic amines is 1. The molecular formula is C16H18N2O3. The Bertz CT molecular complexity index is 641. The Morgan fingerprint density at radius 2 is 1.90 bits per heavy atom. The average Bonchev–Trinajstić information content (AvgIpc) is 3.00. The molecule has 1 aromatic heterocycles. The normalized spacial score (nSPS) is 13.7. The third-order valence-electron chi connectivity index (χ3n) is 3.85. The number of rotatable bonds is 3. The summed E-state index contributed by atoms with van der Waals surface area (Å²) < 4.78 is 10.6. The lowest BCUT2D eigenvalue weighted by Crippen LogP contribution is -2.36. The van der Waals surface area contributed by atoms with Gasteiger partial charge in [0.15, 0.2) is 0 Å². The van der Waals surface area contributed by atoms with Crippen molar-refractivity contribution in [3.8, 4) is 11.5 Å². The summed E-state index contributed by atoms with van der Waals surface area (Å²) in [5, 5.41) is 0. The maximum Gasteiger partial charge on any atom is 0.261 e. The fraction of sp³-hybridized carbons (Fsp3) is 0.312. The average molecular weight is 286 g/mol. The van der Waals surface area contributed by atoms with E-state index < -0.39 is 0 Å². The van der Waals surface area contributed by atoms with Gasteiger partial charge in [0, 0.05) is 31.4 Å². The van der Waals surface area contributed by atoms with Crippen molar-refractivity contribution in [3.63, 3.8) is 0 Å². The fourth-order valence-electron chi connectivity index (χ4n) is 2.74. The molecule has 2 aromatic rings. The van der Waals surface area contributed by atoms with Crippen LogP contribution in [0.2, 0.25) is 0 Å². The first kappa shape index (κ1) is 13.5. The van der Waals surface area contributed by atoms with Crippen LogP contribution in [-0.2, 0) is 13.0 Å². The molecular weight excluding hydrogens is 268 g/mol. The summed E-state index contributed by atoms with van der Waals surface area (Å²) in [7, 11) is 3.12. The van der Waals surface area contributed by atoms with Crippen LogP contribution < -0.4 is 9.47 Å². The smallest absolute Gasteiger partial charge is 0.261 e. The van der Waals surface area contributed by atoms with Gasteiger partial charge in [0.2, 0.25) is 0 Å². The predicted molar refractivity (Wildman–Crippen MR) is 78.8 cm³/mol. The molecule has 1 aromatic carbocycles. The highest BCUT2D eigenvalue weighted by Gasteiger charge is 2.27. The summed E-state index contributed by atoms with van der Waals surface area (Å²) in [5.41, 5.74) is 2.87. The standard InChI is InChI=1S/C16H18N2O3/c1-20-13-4-3-5-14(21-2)15(13)16(19)18-9-7-12-11(10-18)6-8-17-12/h3-6,8,17H,7,9-10H2,1-2H3. The molecule has 0 aliphatic carbocycles. The summed E-state index contributed by atoms with van der Waals surface area (Å²) >= 11 is 0. The van der Waals surface area contributed by atoms with Crippen LogP contribution in [0.1, 0.15) is 21.6 Å². The van der Waals surface area contributed by atoms with Gasteiger partial charge in [-0.2, -0.15) is 0 Å². The van der Waals surface area contributed by atoms with Crippen LogP contribution >= 0.6 is 0 Å². The second kappa shape index (κ2) is 5.52. The Kier molecular flexibility index (Phi) is 3.56. The predicted octanol–water partition coefficient (Wildman–Crippen LogP) is 2.23. The summed E-state index contributed by atoms with van der Waals surface area (Å²) in [5.74, 6) is 1.02. The lowest BCUT2D eigenvalue weighted by molar-refractivity contribution is 0.0727. The van der Waals surface area contributed by atoms with E-state index in [1.165, 1.54) is 11.3 Å². The maximum absolute atomic E-state index is 12.8. The Morgan fingerprint density at radius 3 is 2.57 bits per heavy atom. The highest BCUT2D eigenvalue weighted by molar-refractivity contribution is 5.99. The lowest BCUT2D eigenvalue weighted by atomic mass is 10.1. The Labute approximate surface area is 123 Å². The number of carbonyl (C=O) groups is 1. The van der Waals surface area contributed by atoms with Crippen molar-refractivity contribution < 1.29 is 14.3 Å². The van der Waals surface area contributed by atoms with Crippen LogP contribution in [0.3, 0.4) is 0 Å². The Hall–Kier alpha value is -2.43. The van der Waals surface area contributed by atoms with Gasteiger partial charge in [-0.25, -0.2) is 0 Å². The van der Waals surface area contributed by atoms with Gasteiger partial charge in [-0.15, -0.1) is 0 Å². The van der Waals surface area contributed by atoms with Crippen molar-refractivity contribution in [2.45, 2.75) is 13.0 Å². The van der Waals surface area contributed by atoms with Gasteiger partial charge < -0.3 is 19.4 Å². The molecule has 110 valence electrons. The van der Waals surface area contributed by atoms with E-state index in [9.17, 15) is 4.79 Å². The molecule has 0 radical (unpaired) electrons. The number of H-pyrrole nitrogens is 1. The molecule has 0 saturated heterocycles. The van der Waals surface area contributed by atoms with E-state index in [1.807, 2.05) is 23.2 Å². The summed E-state index contributed by atoms with van der Waals surface area (Å²) in [6.45, 7) is 1.30. The van der Waals surface area contributed by atoms with Gasteiger partial charge >= 0.3 is 0 Å². The zero-order valence-corrected chi connectivity index (χ0v) is 12.2. The maximum atomic E-state index is 12.8. The minimum Gasteiger partial charge on any atom is -0.496 e. The number of benzene rings is 1. The molecule has 0 saturated carbocycles. The van der Waals surface area contributed by atoms with Gasteiger partial charge in [-0.1, -0.05) is 6.07 Å². The van der Waals surface area contributed by atoms with Gasteiger partial charge in [0.1, 0.15) is 17.1 Å². The molecule has 0 bridgehead atoms. The number of nitrogens with one attached hydrogen (secondary N) is 1. The van der Waals surface area contributed by atoms with E-state index in [2.05, 4.69) is 4.98 Å². The Balaban J connectivity index is 1.93. The molecule has 2 heterocycles. The van der Waals surface area contributed by atoms with Crippen LogP contribution in [0.15, 0.2) is 30.5 Å². The number of amides is 1. The van der Waals surface area contributed by atoms with E-state index in [4.69, 9.17) is 9.47 Å². The molecule has 0 atom stereocenters. The second-order valence-corrected chi connectivity index (χ2v) is 5.00. The minimum atomic E-state index is -0.0591. The van der Waals surface area contributed by atoms with E-state index in [1.54, 1.807) is 26.4 Å². The molecule has 3 rings (SSSR count). The van der Waals surface area contributed by atoms with E-state index >= 15 is 0 Å². The van der Waals surface area contributed by atoms with E-state index in [0.717, 1.165) is 6.42 Å². The molecule has 5 nitrogen and oxygen atoms in total. The molecule has 0 fully saturated rings. The van der Waals surface area contributed by atoms with Crippen LogP contribution in [0, 0.1) is 0 Å². The summed E-state index contributed by atoms with van der Waals surface area (Å²) in [6, 6.07) is 7.39. The fourth-order valence-corrected chi connectivity index (χ4v) is 2.74. The molecule has 1 aliphatic heterocycles. The van der Waals surface area contributed by atoms with Crippen LogP contribution in [0.4, 0.5) is 0 Å². The lowest BCUT2D eigenvalue weighted by Gasteiger charge is -2.28. The zero-order chi connectivity index (χ0) is 14.8. The molecule has 21 heavy (non-hydrogen) atoms. The number of fused-ring (bicyclic) bond motifs is 1. The molecule has 1 N–H and O–H groups in total. The summed E-state index contributed by atoms with van der Waals surface area (Å²) in [4.78, 5) is 17.9. The topological polar surface area (TPSA) is 54.6 Å². The number of hydrogen-bond donors (Lipinski definition) is 1. The first-order chi connectivity index (χ1) is 10.2. The number of methoxy groups -OCH3 is 2. The Morgan fingerprint density at radius 1 is 1.19 bits per heavy atom. The van der Waals surface area contributed by atoms with Crippen LogP contribution in [0.25, 0.3) is 0 Å². The molecule has 0 unspecified atom stereocenters. The van der Waals surface area contributed by atoms with Crippen molar-refractivity contribution >= 4 is 5.91 Å². The SMILES string of the molecule is COc1cccc(OC)c1C(=O)N1CCc2[nH]ccc2C1. The van der Waals surface area contributed by atoms with Crippen molar-refractivity contribution in [1.29, 1.82) is 0 Å². The third-order valence-corrected chi connectivity index (χ3v) is 3.85. The number of hydrogen-bond acceptors (Lipinski definition) is 3. The first-order valence-electron chi connectivity index (χ1n) is 6.90. The van der Waals surface area contributed by atoms with E-state index in [0.29, 0.717) is 30.2 Å². The second-order valence-electron chi connectivity index (χ2n) is 5.00. The highest BCUT2D eigenvalue weighted by Crippen LogP contribution is 2.31. The molecule has 0 spiro atoms. The van der Waals surface area contributed by atoms with Gasteiger partial charge in [-0.05, 0) is 23.8 Å². The van der Waals surface area contributed by atoms with Gasteiger partial charge in [-0.3, -0.25) is 4.79 Å². The third kappa shape index (κ3) is 2.35. The largest absolute Gasteiger partial charge is 0.496 e. The summed E-state index contributed by atoms with van der Waals surface area (Å²) in [6.07, 6.45) is 2.76. The van der Waals surface area contributed by atoms with Crippen molar-refractivity contribution in [1.82, 2.24) is 9.88 Å². The quantitative estimate of drug-likeness (QED) is 0.941. The number of nitrogens with zero attached hydrogens (tertiary/aromatic N) is 1. The van der Waals surface area contributed by atoms with Crippen LogP contribution in [0.5, 0.6) is 11.5 Å². The molecule has 1 aliphatic rings. The van der Waals surface area contributed by atoms with Crippen LogP contribution in [-0.4, -0.2) is 36.6 Å². The molecule has 1 amide bonds.